The number of rotatable bonds is 11. The Hall–Kier alpha value is -0.820. The molecule has 19 heavy (non-hydrogen) atoms. The maximum absolute atomic E-state index is 3.59. The molecule has 0 aliphatic heterocycles. The highest BCUT2D eigenvalue weighted by molar-refractivity contribution is 5.18. The van der Waals surface area contributed by atoms with Gasteiger partial charge in [0.25, 0.3) is 0 Å². The van der Waals surface area contributed by atoms with Gasteiger partial charge in [0, 0.05) is 6.54 Å². The predicted molar refractivity (Wildman–Crippen MR) is 85.7 cm³/mol. The van der Waals surface area contributed by atoms with Gasteiger partial charge in [-0.1, -0.05) is 82.7 Å². The molecule has 1 atom stereocenters. The molecule has 1 N–H and O–H groups in total. The van der Waals surface area contributed by atoms with Crippen molar-refractivity contribution in [3.8, 4) is 0 Å². The summed E-state index contributed by atoms with van der Waals surface area (Å²) in [6.45, 7) is 6.84. The molecule has 0 radical (unpaired) electrons. The van der Waals surface area contributed by atoms with Crippen molar-refractivity contribution in [3.05, 3.63) is 35.9 Å². The lowest BCUT2D eigenvalue weighted by Gasteiger charge is -2.12. The SMILES string of the molecule is CCCCCCCCCNCC(C)c1ccccc1. The Morgan fingerprint density at radius 2 is 1.53 bits per heavy atom. The van der Waals surface area contributed by atoms with Crippen LogP contribution in [0.4, 0.5) is 0 Å². The summed E-state index contributed by atoms with van der Waals surface area (Å²) in [6, 6.07) is 10.8. The largest absolute Gasteiger partial charge is 0.316 e. The van der Waals surface area contributed by atoms with Crippen molar-refractivity contribution >= 4 is 0 Å². The van der Waals surface area contributed by atoms with Gasteiger partial charge in [0.15, 0.2) is 0 Å². The van der Waals surface area contributed by atoms with Crippen molar-refractivity contribution in [2.75, 3.05) is 13.1 Å². The summed E-state index contributed by atoms with van der Waals surface area (Å²) in [5, 5.41) is 3.59. The van der Waals surface area contributed by atoms with Crippen LogP contribution in [0.3, 0.4) is 0 Å². The van der Waals surface area contributed by atoms with Gasteiger partial charge in [0.05, 0.1) is 0 Å². The predicted octanol–water partition coefficient (Wildman–Crippen LogP) is 5.13. The molecule has 1 unspecified atom stereocenters. The summed E-state index contributed by atoms with van der Waals surface area (Å²) < 4.78 is 0. The molecule has 0 aliphatic carbocycles. The molecule has 1 aromatic rings. The highest BCUT2D eigenvalue weighted by Crippen LogP contribution is 2.13. The quantitative estimate of drug-likeness (QED) is 0.544. The van der Waals surface area contributed by atoms with E-state index in [0.717, 1.165) is 6.54 Å². The molecule has 1 nitrogen and oxygen atoms in total. The molecule has 0 aromatic heterocycles. The maximum atomic E-state index is 3.59. The first kappa shape index (κ1) is 16.2. The summed E-state index contributed by atoms with van der Waals surface area (Å²) >= 11 is 0. The van der Waals surface area contributed by atoms with Crippen molar-refractivity contribution in [3.63, 3.8) is 0 Å². The Balaban J connectivity index is 1.93. The fourth-order valence-electron chi connectivity index (χ4n) is 2.43. The summed E-state index contributed by atoms with van der Waals surface area (Å²) in [7, 11) is 0. The van der Waals surface area contributed by atoms with Crippen molar-refractivity contribution < 1.29 is 0 Å². The highest BCUT2D eigenvalue weighted by Gasteiger charge is 2.03. The Bertz CT molecular complexity index is 294. The van der Waals surface area contributed by atoms with E-state index in [4.69, 9.17) is 0 Å². The minimum absolute atomic E-state index is 0.616. The van der Waals surface area contributed by atoms with Gasteiger partial charge in [-0.2, -0.15) is 0 Å². The van der Waals surface area contributed by atoms with Gasteiger partial charge in [-0.05, 0) is 24.4 Å². The second kappa shape index (κ2) is 11.0. The zero-order valence-corrected chi connectivity index (χ0v) is 12.8. The molecule has 1 rings (SSSR count). The van der Waals surface area contributed by atoms with Gasteiger partial charge < -0.3 is 5.32 Å². The van der Waals surface area contributed by atoms with Crippen LogP contribution < -0.4 is 5.32 Å². The summed E-state index contributed by atoms with van der Waals surface area (Å²) in [4.78, 5) is 0. The Morgan fingerprint density at radius 3 is 2.21 bits per heavy atom. The molecule has 0 heterocycles. The zero-order chi connectivity index (χ0) is 13.8. The van der Waals surface area contributed by atoms with Gasteiger partial charge in [0.2, 0.25) is 0 Å². The third kappa shape index (κ3) is 8.05. The maximum Gasteiger partial charge on any atom is 0.00174 e. The smallest absolute Gasteiger partial charge is 0.00174 e. The van der Waals surface area contributed by atoms with Crippen LogP contribution >= 0.6 is 0 Å². The minimum Gasteiger partial charge on any atom is -0.316 e. The fraction of sp³-hybridized carbons (Fsp3) is 0.667. The van der Waals surface area contributed by atoms with E-state index in [1.165, 1.54) is 57.1 Å². The minimum atomic E-state index is 0.616. The van der Waals surface area contributed by atoms with Gasteiger partial charge >= 0.3 is 0 Å². The summed E-state index contributed by atoms with van der Waals surface area (Å²) in [6.07, 6.45) is 9.73. The highest BCUT2D eigenvalue weighted by atomic mass is 14.8. The van der Waals surface area contributed by atoms with E-state index in [-0.39, 0.29) is 0 Å². The first-order valence-corrected chi connectivity index (χ1v) is 8.10. The second-order valence-corrected chi connectivity index (χ2v) is 5.64. The van der Waals surface area contributed by atoms with Crippen LogP contribution in [0.1, 0.15) is 70.3 Å². The van der Waals surface area contributed by atoms with E-state index in [1.54, 1.807) is 0 Å². The molecular formula is C18H31N. The monoisotopic (exact) mass is 261 g/mol. The number of hydrogen-bond donors (Lipinski definition) is 1. The first-order chi connectivity index (χ1) is 9.34. The number of benzene rings is 1. The number of nitrogens with one attached hydrogen (secondary N) is 1. The molecule has 0 saturated heterocycles. The van der Waals surface area contributed by atoms with Crippen molar-refractivity contribution in [1.29, 1.82) is 0 Å². The van der Waals surface area contributed by atoms with Crippen LogP contribution in [-0.4, -0.2) is 13.1 Å². The van der Waals surface area contributed by atoms with Crippen molar-refractivity contribution in [1.82, 2.24) is 5.32 Å². The zero-order valence-electron chi connectivity index (χ0n) is 12.8. The lowest BCUT2D eigenvalue weighted by Crippen LogP contribution is -2.21. The van der Waals surface area contributed by atoms with Crippen LogP contribution in [0.2, 0.25) is 0 Å². The van der Waals surface area contributed by atoms with Gasteiger partial charge in [0.1, 0.15) is 0 Å². The lowest BCUT2D eigenvalue weighted by atomic mass is 10.0. The third-order valence-corrected chi connectivity index (χ3v) is 3.78. The Morgan fingerprint density at radius 1 is 0.895 bits per heavy atom. The van der Waals surface area contributed by atoms with Crippen LogP contribution in [0.5, 0.6) is 0 Å². The van der Waals surface area contributed by atoms with E-state index in [2.05, 4.69) is 49.5 Å². The molecule has 1 heteroatoms. The average Bonchev–Trinajstić information content (AvgIpc) is 2.46. The van der Waals surface area contributed by atoms with E-state index in [9.17, 15) is 0 Å². The molecule has 0 aliphatic rings. The van der Waals surface area contributed by atoms with Crippen molar-refractivity contribution in [2.45, 2.75) is 64.7 Å². The Kier molecular flexibility index (Phi) is 9.44. The number of hydrogen-bond acceptors (Lipinski definition) is 1. The molecule has 0 saturated carbocycles. The third-order valence-electron chi connectivity index (χ3n) is 3.78. The van der Waals surface area contributed by atoms with Crippen LogP contribution in [-0.2, 0) is 0 Å². The van der Waals surface area contributed by atoms with Crippen LogP contribution in [0.15, 0.2) is 30.3 Å². The van der Waals surface area contributed by atoms with Gasteiger partial charge in [-0.25, -0.2) is 0 Å². The molecule has 0 fully saturated rings. The lowest BCUT2D eigenvalue weighted by molar-refractivity contribution is 0.548. The molecule has 0 amide bonds. The van der Waals surface area contributed by atoms with E-state index in [0.29, 0.717) is 5.92 Å². The molecular weight excluding hydrogens is 230 g/mol. The van der Waals surface area contributed by atoms with Crippen LogP contribution in [0.25, 0.3) is 0 Å². The Labute approximate surface area is 119 Å². The summed E-state index contributed by atoms with van der Waals surface area (Å²) in [5.41, 5.74) is 1.44. The van der Waals surface area contributed by atoms with Gasteiger partial charge in [-0.15, -0.1) is 0 Å². The standard InChI is InChI=1S/C18H31N/c1-3-4-5-6-7-8-12-15-19-16-17(2)18-13-10-9-11-14-18/h9-11,13-14,17,19H,3-8,12,15-16H2,1-2H3. The van der Waals surface area contributed by atoms with Crippen molar-refractivity contribution in [2.24, 2.45) is 0 Å². The van der Waals surface area contributed by atoms with Gasteiger partial charge in [-0.3, -0.25) is 0 Å². The molecule has 0 spiro atoms. The van der Waals surface area contributed by atoms with E-state index < -0.39 is 0 Å². The van der Waals surface area contributed by atoms with E-state index >= 15 is 0 Å². The van der Waals surface area contributed by atoms with Crippen LogP contribution in [0, 0.1) is 0 Å². The molecule has 108 valence electrons. The second-order valence-electron chi connectivity index (χ2n) is 5.64. The fourth-order valence-corrected chi connectivity index (χ4v) is 2.43. The first-order valence-electron chi connectivity index (χ1n) is 8.10. The summed E-state index contributed by atoms with van der Waals surface area (Å²) in [5.74, 6) is 0.616. The normalized spacial score (nSPS) is 12.5. The topological polar surface area (TPSA) is 12.0 Å². The average molecular weight is 261 g/mol. The van der Waals surface area contributed by atoms with E-state index in [1.807, 2.05) is 0 Å². The molecule has 1 aromatic carbocycles. The molecule has 0 bridgehead atoms. The number of unbranched alkanes of at least 4 members (excludes halogenated alkanes) is 6.